The van der Waals surface area contributed by atoms with Gasteiger partial charge in [0, 0.05) is 23.5 Å². The highest BCUT2D eigenvalue weighted by Crippen LogP contribution is 2.18. The quantitative estimate of drug-likeness (QED) is 0.854. The van der Waals surface area contributed by atoms with E-state index in [-0.39, 0.29) is 5.56 Å². The minimum atomic E-state index is -2.68. The van der Waals surface area contributed by atoms with Gasteiger partial charge in [0.2, 0.25) is 6.86 Å². The number of benzene rings is 1. The van der Waals surface area contributed by atoms with Crippen LogP contribution in [0.25, 0.3) is 5.69 Å². The maximum absolute atomic E-state index is 12.4. The third-order valence-corrected chi connectivity index (χ3v) is 2.53. The molecule has 0 aliphatic rings. The van der Waals surface area contributed by atoms with Gasteiger partial charge in [-0.05, 0) is 30.3 Å². The molecular weight excluding hydrogens is 259 g/mol. The molecule has 2 aromatic rings. The fraction of sp³-hybridized carbons (Fsp3) is 0.154. The number of nitrogens with zero attached hydrogens (tertiary/aromatic N) is 1. The zero-order valence-corrected chi connectivity index (χ0v) is 9.72. The third-order valence-electron chi connectivity index (χ3n) is 2.53. The van der Waals surface area contributed by atoms with Crippen molar-refractivity contribution in [2.24, 2.45) is 0 Å². The zero-order valence-electron chi connectivity index (χ0n) is 9.72. The highest BCUT2D eigenvalue weighted by molar-refractivity contribution is 5.38. The molecule has 0 unspecified atom stereocenters. The molecule has 0 atom stereocenters. The van der Waals surface area contributed by atoms with E-state index in [1.807, 2.05) is 0 Å². The van der Waals surface area contributed by atoms with Gasteiger partial charge in [0.15, 0.2) is 0 Å². The van der Waals surface area contributed by atoms with E-state index in [0.717, 1.165) is 6.07 Å². The van der Waals surface area contributed by atoms with Crippen LogP contribution in [-0.2, 0) is 0 Å². The lowest BCUT2D eigenvalue weighted by Gasteiger charge is -2.08. The molecule has 0 amide bonds. The van der Waals surface area contributed by atoms with Gasteiger partial charge in [0.05, 0.1) is 0 Å². The summed E-state index contributed by atoms with van der Waals surface area (Å²) in [7, 11) is 0. The molecule has 0 N–H and O–H groups in total. The molecule has 3 nitrogen and oxygen atoms in total. The molecule has 0 saturated heterocycles. The molecule has 0 spiro atoms. The lowest BCUT2D eigenvalue weighted by atomic mass is 10.2. The molecule has 1 aromatic heterocycles. The first-order chi connectivity index (χ1) is 9.11. The second-order valence-electron chi connectivity index (χ2n) is 3.72. The van der Waals surface area contributed by atoms with Crippen molar-refractivity contribution in [3.8, 4) is 11.4 Å². The highest BCUT2D eigenvalue weighted by atomic mass is 19.3. The Morgan fingerprint density at radius 3 is 2.37 bits per heavy atom. The molecule has 1 aromatic carbocycles. The summed E-state index contributed by atoms with van der Waals surface area (Å²) >= 11 is 0. The topological polar surface area (TPSA) is 31.2 Å². The predicted octanol–water partition coefficient (Wildman–Crippen LogP) is 3.08. The van der Waals surface area contributed by atoms with E-state index < -0.39 is 18.8 Å². The Labute approximate surface area is 106 Å². The molecule has 0 bridgehead atoms. The van der Waals surface area contributed by atoms with Crippen LogP contribution in [0.3, 0.4) is 0 Å². The molecule has 0 aliphatic carbocycles. The van der Waals surface area contributed by atoms with Crippen LogP contribution in [0.1, 0.15) is 12.0 Å². The van der Waals surface area contributed by atoms with Gasteiger partial charge < -0.3 is 4.74 Å². The average Bonchev–Trinajstić information content (AvgIpc) is 2.40. The first-order valence-electron chi connectivity index (χ1n) is 5.42. The first-order valence-corrected chi connectivity index (χ1v) is 5.42. The number of alkyl halides is 3. The number of pyridine rings is 1. The molecular formula is C13H10F3NO2. The largest absolute Gasteiger partial charge is 0.463 e. The van der Waals surface area contributed by atoms with Crippen LogP contribution in [0.4, 0.5) is 13.2 Å². The normalized spacial score (nSPS) is 10.7. The van der Waals surface area contributed by atoms with Crippen molar-refractivity contribution in [1.82, 2.24) is 4.57 Å². The lowest BCUT2D eigenvalue weighted by Crippen LogP contribution is -2.17. The Bertz CT molecular complexity index is 608. The smallest absolute Gasteiger partial charge is 0.264 e. The van der Waals surface area contributed by atoms with Gasteiger partial charge in [-0.25, -0.2) is 13.2 Å². The molecule has 100 valence electrons. The van der Waals surface area contributed by atoms with Crippen molar-refractivity contribution in [3.05, 3.63) is 58.5 Å². The molecule has 0 aliphatic heterocycles. The summed E-state index contributed by atoms with van der Waals surface area (Å²) in [4.78, 5) is 11.7. The van der Waals surface area contributed by atoms with Gasteiger partial charge in [-0.1, -0.05) is 0 Å². The Balaban J connectivity index is 2.34. The molecule has 0 fully saturated rings. The first kappa shape index (κ1) is 13.2. The van der Waals surface area contributed by atoms with E-state index in [1.165, 1.54) is 41.1 Å². The van der Waals surface area contributed by atoms with Crippen LogP contribution in [0.5, 0.6) is 5.75 Å². The second kappa shape index (κ2) is 5.60. The van der Waals surface area contributed by atoms with Crippen molar-refractivity contribution in [2.75, 3.05) is 6.86 Å². The van der Waals surface area contributed by atoms with Crippen molar-refractivity contribution >= 4 is 0 Å². The third kappa shape index (κ3) is 2.96. The zero-order chi connectivity index (χ0) is 13.8. The van der Waals surface area contributed by atoms with E-state index in [1.54, 1.807) is 0 Å². The van der Waals surface area contributed by atoms with Crippen LogP contribution in [0, 0.1) is 0 Å². The molecule has 6 heteroatoms. The SMILES string of the molecule is O=c1cc(C(F)F)ccn1-c1ccc(OCF)cc1. The van der Waals surface area contributed by atoms with Crippen molar-refractivity contribution in [1.29, 1.82) is 0 Å². The van der Waals surface area contributed by atoms with Crippen LogP contribution in [0.15, 0.2) is 47.4 Å². The second-order valence-corrected chi connectivity index (χ2v) is 3.72. The number of ether oxygens (including phenoxy) is 1. The molecule has 2 rings (SSSR count). The number of rotatable bonds is 4. The molecule has 1 heterocycles. The van der Waals surface area contributed by atoms with Crippen LogP contribution in [0.2, 0.25) is 0 Å². The van der Waals surface area contributed by atoms with Gasteiger partial charge in [-0.3, -0.25) is 9.36 Å². The fourth-order valence-corrected chi connectivity index (χ4v) is 1.61. The van der Waals surface area contributed by atoms with E-state index in [9.17, 15) is 18.0 Å². The van der Waals surface area contributed by atoms with Crippen molar-refractivity contribution in [2.45, 2.75) is 6.43 Å². The number of aromatic nitrogens is 1. The van der Waals surface area contributed by atoms with Gasteiger partial charge in [0.1, 0.15) is 5.75 Å². The van der Waals surface area contributed by atoms with Gasteiger partial charge in [-0.2, -0.15) is 0 Å². The van der Waals surface area contributed by atoms with Gasteiger partial charge >= 0.3 is 0 Å². The summed E-state index contributed by atoms with van der Waals surface area (Å²) in [6.07, 6.45) is -1.41. The Morgan fingerprint density at radius 2 is 1.84 bits per heavy atom. The number of halogens is 3. The number of hydrogen-bond donors (Lipinski definition) is 0. The van der Waals surface area contributed by atoms with Crippen molar-refractivity contribution in [3.63, 3.8) is 0 Å². The Hall–Kier alpha value is -2.24. The summed E-state index contributed by atoms with van der Waals surface area (Å²) in [6, 6.07) is 8.11. The van der Waals surface area contributed by atoms with Crippen LogP contribution in [-0.4, -0.2) is 11.4 Å². The van der Waals surface area contributed by atoms with Crippen LogP contribution >= 0.6 is 0 Å². The minimum Gasteiger partial charge on any atom is -0.463 e. The Morgan fingerprint density at radius 1 is 1.16 bits per heavy atom. The Kier molecular flexibility index (Phi) is 3.89. The summed E-state index contributed by atoms with van der Waals surface area (Å²) in [5.74, 6) is 0.323. The lowest BCUT2D eigenvalue weighted by molar-refractivity contribution is 0.151. The predicted molar refractivity (Wildman–Crippen MR) is 63.6 cm³/mol. The highest BCUT2D eigenvalue weighted by Gasteiger charge is 2.09. The molecule has 0 saturated carbocycles. The molecule has 0 radical (unpaired) electrons. The summed E-state index contributed by atoms with van der Waals surface area (Å²) in [5, 5.41) is 0. The van der Waals surface area contributed by atoms with E-state index in [2.05, 4.69) is 4.74 Å². The summed E-state index contributed by atoms with van der Waals surface area (Å²) < 4.78 is 42.6. The summed E-state index contributed by atoms with van der Waals surface area (Å²) in [6.45, 7) is -0.942. The van der Waals surface area contributed by atoms with Gasteiger partial charge in [-0.15, -0.1) is 0 Å². The van der Waals surface area contributed by atoms with Crippen LogP contribution < -0.4 is 10.3 Å². The monoisotopic (exact) mass is 269 g/mol. The van der Waals surface area contributed by atoms with Crippen molar-refractivity contribution < 1.29 is 17.9 Å². The minimum absolute atomic E-state index is 0.321. The molecule has 19 heavy (non-hydrogen) atoms. The summed E-state index contributed by atoms with van der Waals surface area (Å²) in [5.41, 5.74) is -0.396. The van der Waals surface area contributed by atoms with E-state index >= 15 is 0 Å². The van der Waals surface area contributed by atoms with E-state index in [0.29, 0.717) is 11.4 Å². The standard InChI is InChI=1S/C13H10F3NO2/c14-8-19-11-3-1-10(2-4-11)17-6-5-9(13(15)16)7-12(17)18/h1-7,13H,8H2. The average molecular weight is 269 g/mol. The van der Waals surface area contributed by atoms with Gasteiger partial charge in [0.25, 0.3) is 12.0 Å². The number of hydrogen-bond acceptors (Lipinski definition) is 2. The fourth-order valence-electron chi connectivity index (χ4n) is 1.61. The maximum atomic E-state index is 12.4. The van der Waals surface area contributed by atoms with E-state index in [4.69, 9.17) is 0 Å². The maximum Gasteiger partial charge on any atom is 0.264 e.